The predicted octanol–water partition coefficient (Wildman–Crippen LogP) is 3.48. The lowest BCUT2D eigenvalue weighted by Gasteiger charge is -2.35. The Morgan fingerprint density at radius 3 is 2.65 bits per heavy atom. The minimum absolute atomic E-state index is 0.0595. The molecule has 194 valence electrons. The second-order valence-electron chi connectivity index (χ2n) is 9.60. The molecule has 0 bridgehead atoms. The van der Waals surface area contributed by atoms with Crippen LogP contribution >= 0.6 is 0 Å². The summed E-state index contributed by atoms with van der Waals surface area (Å²) in [5.74, 6) is -1.48. The predicted molar refractivity (Wildman–Crippen MR) is 134 cm³/mol. The van der Waals surface area contributed by atoms with Crippen molar-refractivity contribution in [2.45, 2.75) is 50.9 Å². The molecule has 0 saturated carbocycles. The van der Waals surface area contributed by atoms with Crippen molar-refractivity contribution in [2.24, 2.45) is 0 Å². The topological polar surface area (TPSA) is 101 Å². The van der Waals surface area contributed by atoms with E-state index in [1.165, 1.54) is 23.4 Å². The Kier molecular flexibility index (Phi) is 6.63. The Morgan fingerprint density at radius 1 is 1.19 bits per heavy atom. The Balaban J connectivity index is 1.43. The van der Waals surface area contributed by atoms with Gasteiger partial charge in [-0.05, 0) is 44.0 Å². The highest BCUT2D eigenvalue weighted by molar-refractivity contribution is 5.82. The Morgan fingerprint density at radius 2 is 1.97 bits per heavy atom. The lowest BCUT2D eigenvalue weighted by molar-refractivity contribution is -0.129. The van der Waals surface area contributed by atoms with Crippen molar-refractivity contribution in [2.75, 3.05) is 18.4 Å². The van der Waals surface area contributed by atoms with Gasteiger partial charge < -0.3 is 15.3 Å². The third-order valence-corrected chi connectivity index (χ3v) is 7.23. The van der Waals surface area contributed by atoms with Crippen LogP contribution in [0.25, 0.3) is 10.9 Å². The number of halogens is 2. The molecule has 1 aliphatic rings. The minimum Gasteiger partial charge on any atom is -0.382 e. The standard InChI is InChI=1S/C26H29F2N7O2/c1-17(26(37,14-34-16-29-15-31-34)23-5-3-20(27)12-24(23)28)35-25-6-4-22(11-19(25)13-30-35)32-21-7-9-33(10-8-21)18(2)36/h3-6,11-13,15-17,21,32,37H,7-10,14H2,1-2H3/t17-,26-/m1/s1. The number of hydrogen-bond donors (Lipinski definition) is 2. The molecule has 11 heteroatoms. The Bertz CT molecular complexity index is 1400. The number of nitrogens with zero attached hydrogens (tertiary/aromatic N) is 6. The van der Waals surface area contributed by atoms with Gasteiger partial charge in [0.05, 0.1) is 24.3 Å². The van der Waals surface area contributed by atoms with Gasteiger partial charge in [-0.3, -0.25) is 9.48 Å². The van der Waals surface area contributed by atoms with E-state index in [2.05, 4.69) is 20.5 Å². The number of aliphatic hydroxyl groups is 1. The fourth-order valence-corrected chi connectivity index (χ4v) is 5.07. The molecule has 1 aliphatic heterocycles. The molecule has 2 aromatic carbocycles. The molecular weight excluding hydrogens is 480 g/mol. The Hall–Kier alpha value is -3.86. The summed E-state index contributed by atoms with van der Waals surface area (Å²) >= 11 is 0. The van der Waals surface area contributed by atoms with Crippen LogP contribution in [0.15, 0.2) is 55.2 Å². The highest BCUT2D eigenvalue weighted by Crippen LogP contribution is 2.38. The first kappa shape index (κ1) is 24.8. The molecule has 0 aliphatic carbocycles. The van der Waals surface area contributed by atoms with Crippen LogP contribution in [0.4, 0.5) is 14.5 Å². The normalized spacial score (nSPS) is 17.1. The number of piperidine rings is 1. The number of rotatable bonds is 7. The van der Waals surface area contributed by atoms with E-state index in [9.17, 15) is 18.7 Å². The lowest BCUT2D eigenvalue weighted by atomic mass is 9.86. The lowest BCUT2D eigenvalue weighted by Crippen LogP contribution is -2.41. The van der Waals surface area contributed by atoms with Gasteiger partial charge in [-0.1, -0.05) is 6.07 Å². The van der Waals surface area contributed by atoms with Crippen LogP contribution in [0.1, 0.15) is 38.3 Å². The maximum atomic E-state index is 14.9. The summed E-state index contributed by atoms with van der Waals surface area (Å²) in [6.07, 6.45) is 6.19. The first-order valence-corrected chi connectivity index (χ1v) is 12.2. The minimum atomic E-state index is -1.81. The second-order valence-corrected chi connectivity index (χ2v) is 9.60. The quantitative estimate of drug-likeness (QED) is 0.396. The molecule has 0 spiro atoms. The van der Waals surface area contributed by atoms with E-state index in [0.29, 0.717) is 0 Å². The van der Waals surface area contributed by atoms with Crippen LogP contribution < -0.4 is 5.32 Å². The summed E-state index contributed by atoms with van der Waals surface area (Å²) in [6.45, 7) is 4.68. The summed E-state index contributed by atoms with van der Waals surface area (Å²) in [7, 11) is 0. The smallest absolute Gasteiger partial charge is 0.219 e. The SMILES string of the molecule is CC(=O)N1CCC(Nc2ccc3c(cnn3[C@H](C)[C@](O)(Cn3cncn3)c3ccc(F)cc3F)c2)CC1. The van der Waals surface area contributed by atoms with Crippen molar-refractivity contribution in [3.63, 3.8) is 0 Å². The first-order chi connectivity index (χ1) is 17.7. The highest BCUT2D eigenvalue weighted by atomic mass is 19.1. The van der Waals surface area contributed by atoms with Gasteiger partial charge in [0.1, 0.15) is 29.9 Å². The average Bonchev–Trinajstić information content (AvgIpc) is 3.53. The zero-order chi connectivity index (χ0) is 26.2. The fraction of sp³-hybridized carbons (Fsp3) is 0.385. The largest absolute Gasteiger partial charge is 0.382 e. The van der Waals surface area contributed by atoms with Crippen molar-refractivity contribution < 1.29 is 18.7 Å². The zero-order valence-electron chi connectivity index (χ0n) is 20.7. The summed E-state index contributed by atoms with van der Waals surface area (Å²) in [4.78, 5) is 17.4. The molecule has 0 unspecified atom stereocenters. The molecule has 5 rings (SSSR count). The van der Waals surface area contributed by atoms with Crippen LogP contribution in [0.2, 0.25) is 0 Å². The van der Waals surface area contributed by atoms with E-state index in [4.69, 9.17) is 0 Å². The van der Waals surface area contributed by atoms with Crippen molar-refractivity contribution in [3.8, 4) is 0 Å². The molecule has 2 aromatic heterocycles. The molecule has 1 saturated heterocycles. The fourth-order valence-electron chi connectivity index (χ4n) is 5.07. The molecule has 1 amide bonds. The average molecular weight is 510 g/mol. The van der Waals surface area contributed by atoms with Gasteiger partial charge >= 0.3 is 0 Å². The summed E-state index contributed by atoms with van der Waals surface area (Å²) < 4.78 is 31.6. The zero-order valence-corrected chi connectivity index (χ0v) is 20.7. The number of hydrogen-bond acceptors (Lipinski definition) is 6. The number of carbonyl (C=O) groups excluding carboxylic acids is 1. The van der Waals surface area contributed by atoms with Crippen LogP contribution in [-0.2, 0) is 16.9 Å². The van der Waals surface area contributed by atoms with Crippen molar-refractivity contribution in [1.29, 1.82) is 0 Å². The van der Waals surface area contributed by atoms with Gasteiger partial charge in [0.25, 0.3) is 0 Å². The molecule has 0 radical (unpaired) electrons. The maximum Gasteiger partial charge on any atom is 0.219 e. The molecule has 1 fully saturated rings. The van der Waals surface area contributed by atoms with Gasteiger partial charge in [-0.25, -0.2) is 18.4 Å². The van der Waals surface area contributed by atoms with Gasteiger partial charge in [0.2, 0.25) is 5.91 Å². The van der Waals surface area contributed by atoms with E-state index in [0.717, 1.165) is 54.7 Å². The molecule has 2 N–H and O–H groups in total. The van der Waals surface area contributed by atoms with Crippen LogP contribution in [0.3, 0.4) is 0 Å². The molecule has 3 heterocycles. The summed E-state index contributed by atoms with van der Waals surface area (Å²) in [5, 5.41) is 24.9. The first-order valence-electron chi connectivity index (χ1n) is 12.2. The van der Waals surface area contributed by atoms with Gasteiger partial charge in [-0.2, -0.15) is 10.2 Å². The molecule has 2 atom stereocenters. The highest BCUT2D eigenvalue weighted by Gasteiger charge is 2.41. The van der Waals surface area contributed by atoms with Crippen molar-refractivity contribution in [3.05, 3.63) is 72.4 Å². The van der Waals surface area contributed by atoms with Gasteiger partial charge in [0.15, 0.2) is 0 Å². The second kappa shape index (κ2) is 9.89. The van der Waals surface area contributed by atoms with Crippen molar-refractivity contribution >= 4 is 22.5 Å². The van der Waals surface area contributed by atoms with Gasteiger partial charge in [-0.15, -0.1) is 0 Å². The summed E-state index contributed by atoms with van der Waals surface area (Å²) in [5.41, 5.74) is -0.186. The molecule has 37 heavy (non-hydrogen) atoms. The number of fused-ring (bicyclic) bond motifs is 1. The van der Waals surface area contributed by atoms with E-state index >= 15 is 0 Å². The van der Waals surface area contributed by atoms with Crippen LogP contribution in [0.5, 0.6) is 0 Å². The third-order valence-electron chi connectivity index (χ3n) is 7.23. The van der Waals surface area contributed by atoms with Gasteiger partial charge in [0, 0.05) is 48.8 Å². The van der Waals surface area contributed by atoms with Crippen molar-refractivity contribution in [1.82, 2.24) is 29.4 Å². The molecular formula is C26H29F2N7O2. The number of amides is 1. The monoisotopic (exact) mass is 509 g/mol. The number of anilines is 1. The molecule has 4 aromatic rings. The summed E-state index contributed by atoms with van der Waals surface area (Å²) in [6, 6.07) is 8.48. The number of likely N-dealkylation sites (tertiary alicyclic amines) is 1. The van der Waals surface area contributed by atoms with E-state index in [1.807, 2.05) is 23.1 Å². The van der Waals surface area contributed by atoms with E-state index in [-0.39, 0.29) is 24.1 Å². The third kappa shape index (κ3) is 4.91. The van der Waals surface area contributed by atoms with E-state index in [1.54, 1.807) is 24.7 Å². The van der Waals surface area contributed by atoms with E-state index < -0.39 is 23.3 Å². The number of nitrogens with one attached hydrogen (secondary N) is 1. The molecule has 9 nitrogen and oxygen atoms in total. The number of aromatic nitrogens is 5. The maximum absolute atomic E-state index is 14.9. The van der Waals surface area contributed by atoms with Crippen LogP contribution in [0, 0.1) is 11.6 Å². The number of carbonyl (C=O) groups is 1. The van der Waals surface area contributed by atoms with Crippen LogP contribution in [-0.4, -0.2) is 59.6 Å². The Labute approximate surface area is 212 Å². The number of benzene rings is 2.